The zero-order chi connectivity index (χ0) is 11.4. The molecule has 1 heterocycles. The summed E-state index contributed by atoms with van der Waals surface area (Å²) in [5.74, 6) is 0. The molecule has 0 bridgehead atoms. The number of alkyl halides is 2. The Bertz CT molecular complexity index is 428. The molecule has 15 heavy (non-hydrogen) atoms. The van der Waals surface area contributed by atoms with E-state index in [1.54, 1.807) is 6.07 Å². The number of pyridine rings is 1. The maximum Gasteiger partial charge on any atom is 0.280 e. The van der Waals surface area contributed by atoms with Crippen molar-refractivity contribution in [2.24, 2.45) is 0 Å². The number of nitrogens with zero attached hydrogens (tertiary/aromatic N) is 3. The van der Waals surface area contributed by atoms with Gasteiger partial charge in [0.25, 0.3) is 12.1 Å². The molecule has 0 fully saturated rings. The van der Waals surface area contributed by atoms with Crippen LogP contribution in [-0.4, -0.2) is 9.91 Å². The van der Waals surface area contributed by atoms with Crippen molar-refractivity contribution in [3.63, 3.8) is 0 Å². The number of aromatic nitrogens is 1. The van der Waals surface area contributed by atoms with Crippen molar-refractivity contribution in [2.75, 3.05) is 0 Å². The van der Waals surface area contributed by atoms with E-state index >= 15 is 0 Å². The second-order valence-corrected chi connectivity index (χ2v) is 2.59. The van der Waals surface area contributed by atoms with E-state index in [0.29, 0.717) is 0 Å². The summed E-state index contributed by atoms with van der Waals surface area (Å²) in [6, 6.07) is 2.60. The molecule has 0 saturated carbocycles. The Morgan fingerprint density at radius 2 is 2.33 bits per heavy atom. The lowest BCUT2D eigenvalue weighted by atomic mass is 10.1. The highest BCUT2D eigenvalue weighted by Crippen LogP contribution is 2.27. The summed E-state index contributed by atoms with van der Waals surface area (Å²) in [5, 5.41) is 18.9. The van der Waals surface area contributed by atoms with Gasteiger partial charge < -0.3 is 0 Å². The second kappa shape index (κ2) is 4.41. The molecular weight excluding hydrogens is 208 g/mol. The van der Waals surface area contributed by atoms with Crippen LogP contribution in [0.3, 0.4) is 0 Å². The molecule has 0 radical (unpaired) electrons. The van der Waals surface area contributed by atoms with Crippen molar-refractivity contribution in [1.29, 1.82) is 5.26 Å². The molecule has 5 nitrogen and oxygen atoms in total. The van der Waals surface area contributed by atoms with Crippen LogP contribution in [0.25, 0.3) is 0 Å². The summed E-state index contributed by atoms with van der Waals surface area (Å²) in [6.07, 6.45) is -2.45. The Morgan fingerprint density at radius 1 is 1.67 bits per heavy atom. The predicted octanol–water partition coefficient (Wildman–Crippen LogP) is 1.99. The Balaban J connectivity index is 3.36. The Labute approximate surface area is 83.1 Å². The topological polar surface area (TPSA) is 79.8 Å². The summed E-state index contributed by atoms with van der Waals surface area (Å²) in [6.45, 7) is 0. The van der Waals surface area contributed by atoms with Crippen molar-refractivity contribution in [3.05, 3.63) is 33.6 Å². The van der Waals surface area contributed by atoms with Crippen LogP contribution in [0.15, 0.2) is 12.3 Å². The number of nitriles is 1. The number of nitro groups is 1. The lowest BCUT2D eigenvalue weighted by Crippen LogP contribution is -2.02. The van der Waals surface area contributed by atoms with Crippen molar-refractivity contribution in [3.8, 4) is 6.07 Å². The van der Waals surface area contributed by atoms with E-state index in [1.165, 1.54) is 0 Å². The highest BCUT2D eigenvalue weighted by Gasteiger charge is 2.23. The highest BCUT2D eigenvalue weighted by atomic mass is 19.3. The molecule has 78 valence electrons. The number of hydrogen-bond donors (Lipinski definition) is 0. The van der Waals surface area contributed by atoms with Gasteiger partial charge in [-0.05, 0) is 0 Å². The molecule has 1 aromatic rings. The molecule has 0 spiro atoms. The van der Waals surface area contributed by atoms with E-state index in [1.807, 2.05) is 0 Å². The van der Waals surface area contributed by atoms with Gasteiger partial charge in [0.1, 0.15) is 5.69 Å². The second-order valence-electron chi connectivity index (χ2n) is 2.59. The number of halogens is 2. The number of rotatable bonds is 3. The molecule has 0 amide bonds. The largest absolute Gasteiger partial charge is 0.280 e. The molecule has 0 aliphatic rings. The first kappa shape index (κ1) is 11.0. The summed E-state index contributed by atoms with van der Waals surface area (Å²) in [5.41, 5.74) is -1.52. The van der Waals surface area contributed by atoms with E-state index < -0.39 is 29.2 Å². The van der Waals surface area contributed by atoms with Crippen LogP contribution in [0.5, 0.6) is 0 Å². The fraction of sp³-hybridized carbons (Fsp3) is 0.250. The molecule has 0 aliphatic carbocycles. The predicted molar refractivity (Wildman–Crippen MR) is 45.2 cm³/mol. The Hall–Kier alpha value is -2.10. The quantitative estimate of drug-likeness (QED) is 0.568. The molecule has 1 aromatic heterocycles. The minimum absolute atomic E-state index is 0.319. The summed E-state index contributed by atoms with van der Waals surface area (Å²) >= 11 is 0. The minimum Gasteiger partial charge on any atom is -0.258 e. The molecule has 0 unspecified atom stereocenters. The third-order valence-corrected chi connectivity index (χ3v) is 1.72. The van der Waals surface area contributed by atoms with Crippen molar-refractivity contribution >= 4 is 5.69 Å². The molecule has 7 heteroatoms. The lowest BCUT2D eigenvalue weighted by Gasteiger charge is -2.04. The molecule has 0 saturated heterocycles. The van der Waals surface area contributed by atoms with Gasteiger partial charge in [0.15, 0.2) is 0 Å². The maximum atomic E-state index is 12.4. The summed E-state index contributed by atoms with van der Waals surface area (Å²) < 4.78 is 24.8. The maximum absolute atomic E-state index is 12.4. The smallest absolute Gasteiger partial charge is 0.258 e. The van der Waals surface area contributed by atoms with Crippen LogP contribution in [-0.2, 0) is 6.42 Å². The van der Waals surface area contributed by atoms with Crippen LogP contribution in [0.2, 0.25) is 0 Å². The van der Waals surface area contributed by atoms with Gasteiger partial charge in [-0.3, -0.25) is 15.1 Å². The van der Waals surface area contributed by atoms with Gasteiger partial charge in [0.05, 0.1) is 23.0 Å². The molecule has 0 aromatic carbocycles. The summed E-state index contributed by atoms with van der Waals surface area (Å²) in [7, 11) is 0. The first-order chi connectivity index (χ1) is 7.07. The van der Waals surface area contributed by atoms with Gasteiger partial charge in [0, 0.05) is 12.3 Å². The first-order valence-corrected chi connectivity index (χ1v) is 3.85. The first-order valence-electron chi connectivity index (χ1n) is 3.85. The third-order valence-electron chi connectivity index (χ3n) is 1.72. The van der Waals surface area contributed by atoms with Gasteiger partial charge >= 0.3 is 0 Å². The standard InChI is InChI=1S/C8H5F2N3O2/c9-8(10)7-5(1-3-11)6(13(14)15)2-4-12-7/h2,4,8H,1H2. The van der Waals surface area contributed by atoms with Gasteiger partial charge in [-0.1, -0.05) is 0 Å². The minimum atomic E-state index is -2.92. The normalized spacial score (nSPS) is 10.0. The van der Waals surface area contributed by atoms with E-state index in [0.717, 1.165) is 12.3 Å². The van der Waals surface area contributed by atoms with Gasteiger partial charge in [-0.25, -0.2) is 8.78 Å². The van der Waals surface area contributed by atoms with Gasteiger partial charge in [0.2, 0.25) is 0 Å². The Kier molecular flexibility index (Phi) is 3.23. The van der Waals surface area contributed by atoms with E-state index in [2.05, 4.69) is 4.98 Å². The molecule has 1 rings (SSSR count). The summed E-state index contributed by atoms with van der Waals surface area (Å²) in [4.78, 5) is 13.0. The monoisotopic (exact) mass is 213 g/mol. The average molecular weight is 213 g/mol. The zero-order valence-electron chi connectivity index (χ0n) is 7.35. The van der Waals surface area contributed by atoms with Gasteiger partial charge in [-0.15, -0.1) is 0 Å². The van der Waals surface area contributed by atoms with Crippen molar-refractivity contribution in [2.45, 2.75) is 12.8 Å². The molecule has 0 aliphatic heterocycles. The van der Waals surface area contributed by atoms with Gasteiger partial charge in [-0.2, -0.15) is 5.26 Å². The van der Waals surface area contributed by atoms with E-state index in [9.17, 15) is 18.9 Å². The van der Waals surface area contributed by atoms with Crippen molar-refractivity contribution in [1.82, 2.24) is 4.98 Å². The van der Waals surface area contributed by atoms with Crippen molar-refractivity contribution < 1.29 is 13.7 Å². The Morgan fingerprint density at radius 3 is 2.80 bits per heavy atom. The van der Waals surface area contributed by atoms with Crippen LogP contribution in [0, 0.1) is 21.4 Å². The highest BCUT2D eigenvalue weighted by molar-refractivity contribution is 5.44. The SMILES string of the molecule is N#CCc1c([N+](=O)[O-])ccnc1C(F)F. The average Bonchev–Trinajstić information content (AvgIpc) is 2.17. The van der Waals surface area contributed by atoms with Crippen LogP contribution < -0.4 is 0 Å². The fourth-order valence-electron chi connectivity index (χ4n) is 1.12. The lowest BCUT2D eigenvalue weighted by molar-refractivity contribution is -0.385. The third kappa shape index (κ3) is 2.22. The number of hydrogen-bond acceptors (Lipinski definition) is 4. The molecule has 0 N–H and O–H groups in total. The van der Waals surface area contributed by atoms with Crippen LogP contribution >= 0.6 is 0 Å². The molecule has 0 atom stereocenters. The zero-order valence-corrected chi connectivity index (χ0v) is 7.35. The van der Waals surface area contributed by atoms with E-state index in [-0.39, 0.29) is 5.56 Å². The fourth-order valence-corrected chi connectivity index (χ4v) is 1.12. The van der Waals surface area contributed by atoms with Crippen LogP contribution in [0.1, 0.15) is 17.7 Å². The molecular formula is C8H5F2N3O2. The van der Waals surface area contributed by atoms with Crippen LogP contribution in [0.4, 0.5) is 14.5 Å². The van der Waals surface area contributed by atoms with E-state index in [4.69, 9.17) is 5.26 Å².